The predicted octanol–water partition coefficient (Wildman–Crippen LogP) is 2.39. The molecule has 0 aromatic carbocycles. The number of aromatic nitrogens is 1. The third kappa shape index (κ3) is 6.38. The van der Waals surface area contributed by atoms with Gasteiger partial charge in [0.2, 0.25) is 0 Å². The van der Waals surface area contributed by atoms with Crippen molar-refractivity contribution in [3.8, 4) is 0 Å². The van der Waals surface area contributed by atoms with E-state index in [1.807, 2.05) is 20.8 Å². The van der Waals surface area contributed by atoms with Crippen molar-refractivity contribution < 1.29 is 9.59 Å². The Morgan fingerprint density at radius 3 is 2.24 bits per heavy atom. The summed E-state index contributed by atoms with van der Waals surface area (Å²) in [6, 6.07) is 4.88. The molecule has 21 heavy (non-hydrogen) atoms. The Balaban J connectivity index is 2.71. The summed E-state index contributed by atoms with van der Waals surface area (Å²) in [7, 11) is 0. The highest BCUT2D eigenvalue weighted by molar-refractivity contribution is 5.96. The summed E-state index contributed by atoms with van der Waals surface area (Å²) in [6.45, 7) is 10.5. The van der Waals surface area contributed by atoms with Crippen LogP contribution < -0.4 is 10.6 Å². The molecule has 0 aliphatic heterocycles. The van der Waals surface area contributed by atoms with Crippen molar-refractivity contribution in [1.82, 2.24) is 15.6 Å². The Kier molecular flexibility index (Phi) is 5.88. The molecule has 0 saturated carbocycles. The molecule has 0 bridgehead atoms. The molecule has 1 heterocycles. The Morgan fingerprint density at radius 2 is 1.71 bits per heavy atom. The lowest BCUT2D eigenvalue weighted by atomic mass is 10.1. The topological polar surface area (TPSA) is 71.1 Å². The fourth-order valence-corrected chi connectivity index (χ4v) is 1.66. The van der Waals surface area contributed by atoms with Gasteiger partial charge in [-0.05, 0) is 45.2 Å². The lowest BCUT2D eigenvalue weighted by Gasteiger charge is -2.20. The lowest BCUT2D eigenvalue weighted by molar-refractivity contribution is 0.0914. The van der Waals surface area contributed by atoms with E-state index in [4.69, 9.17) is 0 Å². The highest BCUT2D eigenvalue weighted by atomic mass is 16.2. The van der Waals surface area contributed by atoms with Gasteiger partial charge in [0, 0.05) is 12.1 Å². The molecular weight excluding hydrogens is 266 g/mol. The average Bonchev–Trinajstić information content (AvgIpc) is 2.36. The van der Waals surface area contributed by atoms with E-state index >= 15 is 0 Å². The van der Waals surface area contributed by atoms with Crippen LogP contribution in [0.3, 0.4) is 0 Å². The van der Waals surface area contributed by atoms with Crippen LogP contribution in [0.4, 0.5) is 0 Å². The first-order valence-electron chi connectivity index (χ1n) is 7.27. The number of nitrogens with zero attached hydrogens (tertiary/aromatic N) is 1. The molecule has 0 saturated heterocycles. The number of hydrogen-bond acceptors (Lipinski definition) is 3. The van der Waals surface area contributed by atoms with Crippen LogP contribution in [0, 0.1) is 5.92 Å². The van der Waals surface area contributed by atoms with Crippen LogP contribution in [0.25, 0.3) is 0 Å². The van der Waals surface area contributed by atoms with Crippen molar-refractivity contribution in [3.63, 3.8) is 0 Å². The van der Waals surface area contributed by atoms with E-state index in [0.29, 0.717) is 12.5 Å². The van der Waals surface area contributed by atoms with Gasteiger partial charge in [-0.1, -0.05) is 19.9 Å². The van der Waals surface area contributed by atoms with E-state index in [-0.39, 0.29) is 28.7 Å². The summed E-state index contributed by atoms with van der Waals surface area (Å²) >= 11 is 0. The second-order valence-electron chi connectivity index (χ2n) is 6.55. The van der Waals surface area contributed by atoms with E-state index in [1.165, 1.54) is 0 Å². The van der Waals surface area contributed by atoms with Crippen LogP contribution in [-0.4, -0.2) is 28.9 Å². The number of carbonyl (C=O) groups excluding carboxylic acids is 2. The van der Waals surface area contributed by atoms with E-state index in [2.05, 4.69) is 29.5 Å². The summed E-state index contributed by atoms with van der Waals surface area (Å²) in [4.78, 5) is 28.1. The maximum Gasteiger partial charge on any atom is 0.270 e. The number of pyridine rings is 1. The SMILES string of the molecule is CC(C)CCNC(=O)c1cccc(C(=O)NC(C)(C)C)n1. The van der Waals surface area contributed by atoms with Crippen molar-refractivity contribution >= 4 is 11.8 Å². The zero-order chi connectivity index (χ0) is 16.0. The molecule has 1 aromatic rings. The van der Waals surface area contributed by atoms with E-state index < -0.39 is 0 Å². The van der Waals surface area contributed by atoms with Crippen molar-refractivity contribution in [1.29, 1.82) is 0 Å². The minimum absolute atomic E-state index is 0.249. The molecule has 1 aromatic heterocycles. The molecule has 5 nitrogen and oxygen atoms in total. The quantitative estimate of drug-likeness (QED) is 0.875. The van der Waals surface area contributed by atoms with E-state index in [0.717, 1.165) is 6.42 Å². The number of amides is 2. The highest BCUT2D eigenvalue weighted by Gasteiger charge is 2.17. The molecule has 116 valence electrons. The van der Waals surface area contributed by atoms with Gasteiger partial charge in [-0.25, -0.2) is 4.98 Å². The zero-order valence-corrected chi connectivity index (χ0v) is 13.5. The smallest absolute Gasteiger partial charge is 0.270 e. The molecule has 2 amide bonds. The van der Waals surface area contributed by atoms with Crippen LogP contribution in [0.15, 0.2) is 18.2 Å². The zero-order valence-electron chi connectivity index (χ0n) is 13.5. The molecule has 0 aliphatic rings. The molecule has 0 radical (unpaired) electrons. The van der Waals surface area contributed by atoms with Gasteiger partial charge in [0.25, 0.3) is 11.8 Å². The Morgan fingerprint density at radius 1 is 1.14 bits per heavy atom. The monoisotopic (exact) mass is 291 g/mol. The van der Waals surface area contributed by atoms with Gasteiger partial charge < -0.3 is 10.6 Å². The first-order valence-corrected chi connectivity index (χ1v) is 7.27. The summed E-state index contributed by atoms with van der Waals surface area (Å²) in [5, 5.41) is 5.64. The fourth-order valence-electron chi connectivity index (χ4n) is 1.66. The third-order valence-corrected chi connectivity index (χ3v) is 2.71. The van der Waals surface area contributed by atoms with Crippen LogP contribution >= 0.6 is 0 Å². The standard InChI is InChI=1S/C16H25N3O2/c1-11(2)9-10-17-14(20)12-7-6-8-13(18-12)15(21)19-16(3,4)5/h6-8,11H,9-10H2,1-5H3,(H,17,20)(H,19,21). The van der Waals surface area contributed by atoms with Crippen LogP contribution in [-0.2, 0) is 0 Å². The first kappa shape index (κ1) is 17.1. The van der Waals surface area contributed by atoms with Gasteiger partial charge in [-0.15, -0.1) is 0 Å². The molecule has 2 N–H and O–H groups in total. The first-order chi connectivity index (χ1) is 9.69. The van der Waals surface area contributed by atoms with E-state index in [1.54, 1.807) is 18.2 Å². The summed E-state index contributed by atoms with van der Waals surface area (Å²) in [6.07, 6.45) is 0.913. The van der Waals surface area contributed by atoms with Gasteiger partial charge >= 0.3 is 0 Å². The minimum Gasteiger partial charge on any atom is -0.351 e. The fraction of sp³-hybridized carbons (Fsp3) is 0.562. The van der Waals surface area contributed by atoms with Crippen molar-refractivity contribution in [2.45, 2.75) is 46.6 Å². The van der Waals surface area contributed by atoms with Gasteiger partial charge in [0.1, 0.15) is 11.4 Å². The predicted molar refractivity (Wildman–Crippen MR) is 83.2 cm³/mol. The second-order valence-corrected chi connectivity index (χ2v) is 6.55. The minimum atomic E-state index is -0.339. The molecule has 0 spiro atoms. The number of nitrogens with one attached hydrogen (secondary N) is 2. The van der Waals surface area contributed by atoms with Crippen LogP contribution in [0.1, 0.15) is 62.0 Å². The van der Waals surface area contributed by atoms with Gasteiger partial charge in [0.05, 0.1) is 0 Å². The maximum absolute atomic E-state index is 12.0. The lowest BCUT2D eigenvalue weighted by Crippen LogP contribution is -2.41. The Labute approximate surface area is 126 Å². The number of rotatable bonds is 5. The van der Waals surface area contributed by atoms with Crippen molar-refractivity contribution in [2.24, 2.45) is 5.92 Å². The Bertz CT molecular complexity index is 504. The third-order valence-electron chi connectivity index (χ3n) is 2.71. The van der Waals surface area contributed by atoms with Gasteiger partial charge in [-0.3, -0.25) is 9.59 Å². The summed E-state index contributed by atoms with van der Waals surface area (Å²) in [5.41, 5.74) is 0.177. The average molecular weight is 291 g/mol. The maximum atomic E-state index is 12.0. The van der Waals surface area contributed by atoms with Gasteiger partial charge in [0.15, 0.2) is 0 Å². The molecule has 0 atom stereocenters. The van der Waals surface area contributed by atoms with Crippen LogP contribution in [0.2, 0.25) is 0 Å². The normalized spacial score (nSPS) is 11.3. The molecular formula is C16H25N3O2. The summed E-state index contributed by atoms with van der Waals surface area (Å²) < 4.78 is 0. The summed E-state index contributed by atoms with van der Waals surface area (Å²) in [5.74, 6) is 0.00236. The molecule has 0 unspecified atom stereocenters. The number of carbonyl (C=O) groups is 2. The Hall–Kier alpha value is -1.91. The molecule has 0 aliphatic carbocycles. The molecule has 5 heteroatoms. The molecule has 1 rings (SSSR count). The largest absolute Gasteiger partial charge is 0.351 e. The van der Waals surface area contributed by atoms with E-state index in [9.17, 15) is 9.59 Å². The highest BCUT2D eigenvalue weighted by Crippen LogP contribution is 2.05. The second kappa shape index (κ2) is 7.20. The van der Waals surface area contributed by atoms with Gasteiger partial charge in [-0.2, -0.15) is 0 Å². The molecule has 0 fully saturated rings. The van der Waals surface area contributed by atoms with Crippen molar-refractivity contribution in [2.75, 3.05) is 6.54 Å². The van der Waals surface area contributed by atoms with Crippen LogP contribution in [0.5, 0.6) is 0 Å². The number of hydrogen-bond donors (Lipinski definition) is 2. The van der Waals surface area contributed by atoms with Crippen molar-refractivity contribution in [3.05, 3.63) is 29.6 Å².